The molecule has 2 heteroatoms. The number of rotatable bonds is 2. The van der Waals surface area contributed by atoms with Crippen molar-refractivity contribution in [1.29, 1.82) is 0 Å². The van der Waals surface area contributed by atoms with Crippen LogP contribution in [0, 0.1) is 0 Å². The predicted molar refractivity (Wildman–Crippen MR) is 70.0 cm³/mol. The number of carbonyl (C=O) groups excluding carboxylic acids is 1. The minimum atomic E-state index is 0.0521. The Labute approximate surface area is 103 Å². The van der Waals surface area contributed by atoms with Gasteiger partial charge in [-0.15, -0.1) is 0 Å². The molecular weight excluding hydrogens is 210 g/mol. The van der Waals surface area contributed by atoms with Crippen LogP contribution in [0.3, 0.4) is 0 Å². The summed E-state index contributed by atoms with van der Waals surface area (Å²) < 4.78 is 0. The molecule has 1 atom stereocenters. The van der Waals surface area contributed by atoms with Gasteiger partial charge >= 0.3 is 0 Å². The van der Waals surface area contributed by atoms with E-state index in [0.29, 0.717) is 5.92 Å². The highest BCUT2D eigenvalue weighted by atomic mass is 16.2. The topological polar surface area (TPSA) is 20.3 Å². The van der Waals surface area contributed by atoms with E-state index in [1.54, 1.807) is 0 Å². The first-order chi connectivity index (χ1) is 8.26. The number of nitrogens with zero attached hydrogens (tertiary/aromatic N) is 1. The van der Waals surface area contributed by atoms with Crippen LogP contribution in [0.25, 0.3) is 0 Å². The lowest BCUT2D eigenvalue weighted by Crippen LogP contribution is -2.33. The fourth-order valence-corrected chi connectivity index (χ4v) is 2.55. The van der Waals surface area contributed by atoms with Crippen LogP contribution < -0.4 is 0 Å². The molecule has 0 aliphatic carbocycles. The molecular formula is C15H19NO. The highest BCUT2D eigenvalue weighted by Crippen LogP contribution is 2.27. The van der Waals surface area contributed by atoms with Crippen LogP contribution >= 0.6 is 0 Å². The zero-order valence-corrected chi connectivity index (χ0v) is 10.4. The first kappa shape index (κ1) is 11.9. The van der Waals surface area contributed by atoms with E-state index in [1.807, 2.05) is 4.90 Å². The first-order valence-corrected chi connectivity index (χ1v) is 6.25. The Morgan fingerprint density at radius 2 is 2.29 bits per heavy atom. The molecule has 0 saturated carbocycles. The number of benzene rings is 1. The maximum Gasteiger partial charge on any atom is 0.245 e. The largest absolute Gasteiger partial charge is 0.338 e. The van der Waals surface area contributed by atoms with E-state index in [2.05, 4.69) is 37.8 Å². The molecule has 0 aromatic heterocycles. The molecule has 0 unspecified atom stereocenters. The number of amides is 1. The van der Waals surface area contributed by atoms with Crippen molar-refractivity contribution in [2.24, 2.45) is 0 Å². The maximum atomic E-state index is 11.7. The molecule has 0 radical (unpaired) electrons. The van der Waals surface area contributed by atoms with Crippen molar-refractivity contribution >= 4 is 5.91 Å². The number of hydrogen-bond donors (Lipinski definition) is 0. The van der Waals surface area contributed by atoms with E-state index in [4.69, 9.17) is 0 Å². The quantitative estimate of drug-likeness (QED) is 0.714. The summed E-state index contributed by atoms with van der Waals surface area (Å²) in [7, 11) is 0. The highest BCUT2D eigenvalue weighted by Gasteiger charge is 2.23. The summed E-state index contributed by atoms with van der Waals surface area (Å²) in [6.07, 6.45) is 3.44. The van der Waals surface area contributed by atoms with Gasteiger partial charge in [0.15, 0.2) is 0 Å². The van der Waals surface area contributed by atoms with Crippen molar-refractivity contribution in [3.05, 3.63) is 48.0 Å². The van der Waals surface area contributed by atoms with Gasteiger partial charge in [0.1, 0.15) is 0 Å². The van der Waals surface area contributed by atoms with Crippen molar-refractivity contribution < 1.29 is 4.79 Å². The normalized spacial score (nSPS) is 19.4. The third kappa shape index (κ3) is 2.41. The van der Waals surface area contributed by atoms with E-state index in [-0.39, 0.29) is 5.91 Å². The highest BCUT2D eigenvalue weighted by molar-refractivity contribution is 5.87. The summed E-state index contributed by atoms with van der Waals surface area (Å²) in [6, 6.07) is 8.55. The number of hydrogen-bond acceptors (Lipinski definition) is 1. The lowest BCUT2D eigenvalue weighted by Gasteiger charge is -2.23. The van der Waals surface area contributed by atoms with Gasteiger partial charge in [-0.2, -0.15) is 0 Å². The van der Waals surface area contributed by atoms with Crippen LogP contribution in [0.15, 0.2) is 36.9 Å². The zero-order chi connectivity index (χ0) is 12.3. The van der Waals surface area contributed by atoms with Crippen LogP contribution in [0.5, 0.6) is 0 Å². The molecule has 2 rings (SSSR count). The van der Waals surface area contributed by atoms with Gasteiger partial charge in [-0.25, -0.2) is 0 Å². The van der Waals surface area contributed by atoms with Gasteiger partial charge < -0.3 is 4.90 Å². The Morgan fingerprint density at radius 1 is 1.53 bits per heavy atom. The fraction of sp³-hybridized carbons (Fsp3) is 0.400. The van der Waals surface area contributed by atoms with Gasteiger partial charge in [-0.3, -0.25) is 4.79 Å². The standard InChI is InChI=1S/C15H19NO/c1-3-12-11-16(15(17)4-2)10-9-13-7-5-6-8-14(12)13/h4-8,12H,2-3,9-11H2,1H3/t12-/m1/s1. The molecule has 1 aliphatic rings. The Kier molecular flexibility index (Phi) is 3.62. The summed E-state index contributed by atoms with van der Waals surface area (Å²) in [5.41, 5.74) is 2.80. The molecule has 0 saturated heterocycles. The van der Waals surface area contributed by atoms with Gasteiger partial charge in [0.25, 0.3) is 0 Å². The molecule has 0 fully saturated rings. The second-order valence-electron chi connectivity index (χ2n) is 4.54. The lowest BCUT2D eigenvalue weighted by molar-refractivity contribution is -0.126. The van der Waals surface area contributed by atoms with Crippen LogP contribution in [-0.4, -0.2) is 23.9 Å². The summed E-state index contributed by atoms with van der Waals surface area (Å²) >= 11 is 0. The minimum absolute atomic E-state index is 0.0521. The smallest absolute Gasteiger partial charge is 0.245 e. The van der Waals surface area contributed by atoms with E-state index in [0.717, 1.165) is 25.9 Å². The Hall–Kier alpha value is -1.57. The molecule has 1 aromatic carbocycles. The van der Waals surface area contributed by atoms with Gasteiger partial charge in [-0.1, -0.05) is 37.8 Å². The average Bonchev–Trinajstić information content (AvgIpc) is 2.57. The summed E-state index contributed by atoms with van der Waals surface area (Å²) in [6.45, 7) is 7.38. The van der Waals surface area contributed by atoms with Crippen LogP contribution in [0.4, 0.5) is 0 Å². The van der Waals surface area contributed by atoms with Crippen LogP contribution in [0.2, 0.25) is 0 Å². The average molecular weight is 229 g/mol. The number of carbonyl (C=O) groups is 1. The third-order valence-electron chi connectivity index (χ3n) is 3.57. The number of fused-ring (bicyclic) bond motifs is 1. The third-order valence-corrected chi connectivity index (χ3v) is 3.57. The molecule has 0 bridgehead atoms. The van der Waals surface area contributed by atoms with Crippen molar-refractivity contribution in [1.82, 2.24) is 4.90 Å². The second kappa shape index (κ2) is 5.17. The molecule has 90 valence electrons. The molecule has 0 spiro atoms. The molecule has 2 nitrogen and oxygen atoms in total. The van der Waals surface area contributed by atoms with E-state index < -0.39 is 0 Å². The molecule has 1 aliphatic heterocycles. The first-order valence-electron chi connectivity index (χ1n) is 6.25. The van der Waals surface area contributed by atoms with E-state index in [1.165, 1.54) is 17.2 Å². The monoisotopic (exact) mass is 229 g/mol. The van der Waals surface area contributed by atoms with Gasteiger partial charge in [0, 0.05) is 19.0 Å². The fourth-order valence-electron chi connectivity index (χ4n) is 2.55. The van der Waals surface area contributed by atoms with Crippen molar-refractivity contribution in [3.63, 3.8) is 0 Å². The van der Waals surface area contributed by atoms with Gasteiger partial charge in [0.2, 0.25) is 5.91 Å². The SMILES string of the molecule is C=CC(=O)N1CCc2ccccc2[C@H](CC)C1. The summed E-state index contributed by atoms with van der Waals surface area (Å²) in [5, 5.41) is 0. The van der Waals surface area contributed by atoms with E-state index >= 15 is 0 Å². The minimum Gasteiger partial charge on any atom is -0.338 e. The maximum absolute atomic E-state index is 11.7. The van der Waals surface area contributed by atoms with Crippen LogP contribution in [-0.2, 0) is 11.2 Å². The molecule has 17 heavy (non-hydrogen) atoms. The van der Waals surface area contributed by atoms with Crippen molar-refractivity contribution in [2.75, 3.05) is 13.1 Å². The zero-order valence-electron chi connectivity index (χ0n) is 10.4. The Morgan fingerprint density at radius 3 is 3.00 bits per heavy atom. The van der Waals surface area contributed by atoms with Gasteiger partial charge in [-0.05, 0) is 30.0 Å². The Bertz CT molecular complexity index is 425. The van der Waals surface area contributed by atoms with Crippen LogP contribution in [0.1, 0.15) is 30.4 Å². The molecule has 1 amide bonds. The predicted octanol–water partition coefficient (Wildman–Crippen LogP) is 2.75. The Balaban J connectivity index is 2.29. The van der Waals surface area contributed by atoms with Crippen molar-refractivity contribution in [2.45, 2.75) is 25.7 Å². The second-order valence-corrected chi connectivity index (χ2v) is 4.54. The lowest BCUT2D eigenvalue weighted by atomic mass is 9.92. The van der Waals surface area contributed by atoms with E-state index in [9.17, 15) is 4.79 Å². The molecule has 1 aromatic rings. The summed E-state index contributed by atoms with van der Waals surface area (Å²) in [4.78, 5) is 13.7. The van der Waals surface area contributed by atoms with Crippen molar-refractivity contribution in [3.8, 4) is 0 Å². The molecule has 0 N–H and O–H groups in total. The summed E-state index contributed by atoms with van der Waals surface area (Å²) in [5.74, 6) is 0.508. The molecule has 1 heterocycles. The van der Waals surface area contributed by atoms with Gasteiger partial charge in [0.05, 0.1) is 0 Å².